The van der Waals surface area contributed by atoms with Crippen LogP contribution < -0.4 is 0 Å². The lowest BCUT2D eigenvalue weighted by molar-refractivity contribution is -0.129. The van der Waals surface area contributed by atoms with Crippen molar-refractivity contribution in [3.8, 4) is 0 Å². The van der Waals surface area contributed by atoms with Crippen molar-refractivity contribution in [3.05, 3.63) is 35.9 Å². The number of carbonyl (C=O) groups excluding carboxylic acids is 1. The maximum absolute atomic E-state index is 12.0. The Balaban J connectivity index is 2.08. The van der Waals surface area contributed by atoms with E-state index in [4.69, 9.17) is 10.7 Å². The Morgan fingerprint density at radius 3 is 2.58 bits per heavy atom. The van der Waals surface area contributed by atoms with Gasteiger partial charge in [-0.25, -0.2) is 8.42 Å². The molecule has 104 valence electrons. The van der Waals surface area contributed by atoms with Crippen LogP contribution in [0.5, 0.6) is 0 Å². The fourth-order valence-electron chi connectivity index (χ4n) is 2.49. The first-order chi connectivity index (χ1) is 8.87. The smallest absolute Gasteiger partial charge is 0.232 e. The molecule has 0 saturated carbocycles. The van der Waals surface area contributed by atoms with Crippen LogP contribution in [-0.2, 0) is 13.8 Å². The topological polar surface area (TPSA) is 54.5 Å². The normalized spacial score (nSPS) is 21.7. The van der Waals surface area contributed by atoms with Crippen molar-refractivity contribution in [2.24, 2.45) is 5.92 Å². The number of likely N-dealkylation sites (tertiary alicyclic amines) is 1. The molecular weight excluding hydrogens is 286 g/mol. The van der Waals surface area contributed by atoms with E-state index in [9.17, 15) is 13.2 Å². The van der Waals surface area contributed by atoms with Crippen molar-refractivity contribution in [2.75, 3.05) is 12.3 Å². The van der Waals surface area contributed by atoms with Crippen molar-refractivity contribution < 1.29 is 13.2 Å². The largest absolute Gasteiger partial charge is 0.336 e. The predicted molar refractivity (Wildman–Crippen MR) is 74.3 cm³/mol. The Kier molecular flexibility index (Phi) is 4.16. The summed E-state index contributed by atoms with van der Waals surface area (Å²) in [5.41, 5.74) is 1.05. The van der Waals surface area contributed by atoms with Crippen LogP contribution in [0.4, 0.5) is 0 Å². The molecular formula is C13H16ClNO3S. The van der Waals surface area contributed by atoms with E-state index in [1.807, 2.05) is 37.3 Å². The molecule has 4 nitrogen and oxygen atoms in total. The molecule has 2 atom stereocenters. The molecule has 0 aliphatic carbocycles. The second-order valence-electron chi connectivity index (χ2n) is 4.91. The monoisotopic (exact) mass is 301 g/mol. The SMILES string of the molecule is C[C@@H](c1ccccc1)N1CC(CS(=O)(=O)Cl)CC1=O. The fourth-order valence-corrected chi connectivity index (χ4v) is 3.81. The molecule has 6 heteroatoms. The number of benzene rings is 1. The Bertz CT molecular complexity index is 559. The molecule has 1 amide bonds. The van der Waals surface area contributed by atoms with Crippen LogP contribution >= 0.6 is 10.7 Å². The highest BCUT2D eigenvalue weighted by Gasteiger charge is 2.35. The van der Waals surface area contributed by atoms with Gasteiger partial charge in [-0.2, -0.15) is 0 Å². The first-order valence-corrected chi connectivity index (χ1v) is 8.61. The molecule has 1 aliphatic rings. The van der Waals surface area contributed by atoms with Crippen LogP contribution in [0.1, 0.15) is 24.9 Å². The maximum atomic E-state index is 12.0. The van der Waals surface area contributed by atoms with Gasteiger partial charge in [0.2, 0.25) is 15.0 Å². The maximum Gasteiger partial charge on any atom is 0.232 e. The van der Waals surface area contributed by atoms with Crippen molar-refractivity contribution in [2.45, 2.75) is 19.4 Å². The van der Waals surface area contributed by atoms with Gasteiger partial charge in [0.1, 0.15) is 0 Å². The minimum atomic E-state index is -3.55. The lowest BCUT2D eigenvalue weighted by atomic mass is 10.1. The lowest BCUT2D eigenvalue weighted by Crippen LogP contribution is -2.29. The summed E-state index contributed by atoms with van der Waals surface area (Å²) in [5.74, 6) is -0.360. The van der Waals surface area contributed by atoms with Crippen LogP contribution in [0.2, 0.25) is 0 Å². The highest BCUT2D eigenvalue weighted by molar-refractivity contribution is 8.13. The summed E-state index contributed by atoms with van der Waals surface area (Å²) in [6.07, 6.45) is 0.253. The van der Waals surface area contributed by atoms with Gasteiger partial charge in [0.05, 0.1) is 11.8 Å². The Labute approximate surface area is 117 Å². The average Bonchev–Trinajstić information content (AvgIpc) is 2.68. The molecule has 2 rings (SSSR count). The fraction of sp³-hybridized carbons (Fsp3) is 0.462. The van der Waals surface area contributed by atoms with E-state index in [1.54, 1.807) is 4.90 Å². The molecule has 19 heavy (non-hydrogen) atoms. The number of halogens is 1. The number of hydrogen-bond acceptors (Lipinski definition) is 3. The summed E-state index contributed by atoms with van der Waals surface area (Å²) >= 11 is 0. The third-order valence-corrected chi connectivity index (χ3v) is 4.67. The van der Waals surface area contributed by atoms with Gasteiger partial charge >= 0.3 is 0 Å². The van der Waals surface area contributed by atoms with Gasteiger partial charge in [-0.05, 0) is 12.5 Å². The molecule has 0 bridgehead atoms. The number of nitrogens with zero attached hydrogens (tertiary/aromatic N) is 1. The average molecular weight is 302 g/mol. The van der Waals surface area contributed by atoms with Crippen LogP contribution in [0.15, 0.2) is 30.3 Å². The molecule has 1 unspecified atom stereocenters. The molecule has 1 heterocycles. The zero-order chi connectivity index (χ0) is 14.0. The second-order valence-corrected chi connectivity index (χ2v) is 7.73. The lowest BCUT2D eigenvalue weighted by Gasteiger charge is -2.25. The van der Waals surface area contributed by atoms with Gasteiger partial charge in [0.15, 0.2) is 0 Å². The molecule has 0 N–H and O–H groups in total. The van der Waals surface area contributed by atoms with E-state index in [0.29, 0.717) is 6.54 Å². The summed E-state index contributed by atoms with van der Waals surface area (Å²) in [6, 6.07) is 9.65. The molecule has 1 aromatic carbocycles. The summed E-state index contributed by atoms with van der Waals surface area (Å²) in [6.45, 7) is 2.39. The van der Waals surface area contributed by atoms with Gasteiger partial charge in [-0.3, -0.25) is 4.79 Å². The number of hydrogen-bond donors (Lipinski definition) is 0. The molecule has 0 aromatic heterocycles. The van der Waals surface area contributed by atoms with E-state index < -0.39 is 9.05 Å². The van der Waals surface area contributed by atoms with E-state index >= 15 is 0 Å². The second kappa shape index (κ2) is 5.51. The van der Waals surface area contributed by atoms with Crippen LogP contribution in [0, 0.1) is 5.92 Å². The van der Waals surface area contributed by atoms with E-state index in [2.05, 4.69) is 0 Å². The standard InChI is InChI=1S/C13H16ClNO3S/c1-10(12-5-3-2-4-6-12)15-8-11(7-13(15)16)9-19(14,17)18/h2-6,10-11H,7-9H2,1H3/t10-,11?/m0/s1. The minimum Gasteiger partial charge on any atom is -0.336 e. The van der Waals surface area contributed by atoms with Crippen molar-refractivity contribution in [3.63, 3.8) is 0 Å². The molecule has 1 saturated heterocycles. The van der Waals surface area contributed by atoms with Crippen molar-refractivity contribution in [1.82, 2.24) is 4.90 Å². The predicted octanol–water partition coefficient (Wildman–Crippen LogP) is 2.16. The molecule has 1 fully saturated rings. The summed E-state index contributed by atoms with van der Waals surface area (Å²) in [5, 5.41) is 0. The van der Waals surface area contributed by atoms with Crippen molar-refractivity contribution in [1.29, 1.82) is 0 Å². The Morgan fingerprint density at radius 2 is 2.00 bits per heavy atom. The number of rotatable bonds is 4. The quantitative estimate of drug-likeness (QED) is 0.801. The number of carbonyl (C=O) groups is 1. The van der Waals surface area contributed by atoms with Gasteiger partial charge < -0.3 is 4.90 Å². The highest BCUT2D eigenvalue weighted by atomic mass is 35.7. The van der Waals surface area contributed by atoms with Crippen LogP contribution in [0.3, 0.4) is 0 Å². The molecule has 0 radical (unpaired) electrons. The summed E-state index contributed by atoms with van der Waals surface area (Å²) in [4.78, 5) is 13.7. The van der Waals surface area contributed by atoms with Gasteiger partial charge in [0, 0.05) is 29.6 Å². The molecule has 1 aromatic rings. The van der Waals surface area contributed by atoms with Crippen LogP contribution in [0.25, 0.3) is 0 Å². The third kappa shape index (κ3) is 3.70. The zero-order valence-corrected chi connectivity index (χ0v) is 12.2. The van der Waals surface area contributed by atoms with E-state index in [-0.39, 0.29) is 30.0 Å². The summed E-state index contributed by atoms with van der Waals surface area (Å²) < 4.78 is 22.2. The van der Waals surface area contributed by atoms with Gasteiger partial charge in [-0.15, -0.1) is 0 Å². The third-order valence-electron chi connectivity index (χ3n) is 3.42. The first kappa shape index (κ1) is 14.3. The first-order valence-electron chi connectivity index (χ1n) is 6.13. The van der Waals surface area contributed by atoms with Gasteiger partial charge in [-0.1, -0.05) is 30.3 Å². The van der Waals surface area contributed by atoms with Crippen LogP contribution in [-0.4, -0.2) is 31.5 Å². The van der Waals surface area contributed by atoms with Gasteiger partial charge in [0.25, 0.3) is 0 Å². The Morgan fingerprint density at radius 1 is 1.37 bits per heavy atom. The zero-order valence-electron chi connectivity index (χ0n) is 10.6. The minimum absolute atomic E-state index is 0.0123. The van der Waals surface area contributed by atoms with E-state index in [0.717, 1.165) is 5.56 Å². The highest BCUT2D eigenvalue weighted by Crippen LogP contribution is 2.29. The number of amides is 1. The van der Waals surface area contributed by atoms with Crippen molar-refractivity contribution >= 4 is 25.6 Å². The van der Waals surface area contributed by atoms with E-state index in [1.165, 1.54) is 0 Å². The summed E-state index contributed by atoms with van der Waals surface area (Å²) in [7, 11) is 1.70. The molecule has 0 spiro atoms. The Hall–Kier alpha value is -1.07. The molecule has 1 aliphatic heterocycles.